The Hall–Kier alpha value is -2.04. The molecule has 3 aliphatic rings. The Bertz CT molecular complexity index is 743. The highest BCUT2D eigenvalue weighted by molar-refractivity contribution is 6.01. The molecule has 0 aromatic carbocycles. The van der Waals surface area contributed by atoms with Crippen LogP contribution in [0.3, 0.4) is 0 Å². The minimum absolute atomic E-state index is 0.0275. The summed E-state index contributed by atoms with van der Waals surface area (Å²) in [6.07, 6.45) is 2.26. The van der Waals surface area contributed by atoms with Gasteiger partial charge in [0.2, 0.25) is 5.91 Å². The molecule has 34 heavy (non-hydrogen) atoms. The van der Waals surface area contributed by atoms with Crippen molar-refractivity contribution in [2.45, 2.75) is 90.6 Å². The van der Waals surface area contributed by atoms with Gasteiger partial charge in [0.25, 0.3) is 11.8 Å². The minimum atomic E-state index is -0.612. The van der Waals surface area contributed by atoms with Crippen LogP contribution < -0.4 is 5.32 Å². The van der Waals surface area contributed by atoms with Gasteiger partial charge in [-0.1, -0.05) is 20.8 Å². The SMILES string of the molecule is CC1C(CNC(=O)C2CCC(O)C2)OC(OCCCCC(=O)ON2C(=O)CCC2=O)C(C)C1C. The number of hydroxylamine groups is 2. The Kier molecular flexibility index (Phi) is 9.44. The van der Waals surface area contributed by atoms with Crippen LogP contribution in [0.15, 0.2) is 0 Å². The Morgan fingerprint density at radius 2 is 1.76 bits per heavy atom. The molecule has 2 heterocycles. The maximum atomic E-state index is 12.4. The van der Waals surface area contributed by atoms with Crippen molar-refractivity contribution < 1.29 is 38.6 Å². The van der Waals surface area contributed by atoms with Crippen LogP contribution >= 0.6 is 0 Å². The number of amides is 3. The van der Waals surface area contributed by atoms with Gasteiger partial charge in [0.15, 0.2) is 6.29 Å². The highest BCUT2D eigenvalue weighted by Gasteiger charge is 2.40. The molecule has 0 aromatic heterocycles. The van der Waals surface area contributed by atoms with Gasteiger partial charge in [-0.05, 0) is 43.9 Å². The van der Waals surface area contributed by atoms with E-state index in [2.05, 4.69) is 26.1 Å². The maximum absolute atomic E-state index is 12.4. The lowest BCUT2D eigenvalue weighted by Gasteiger charge is -2.43. The Morgan fingerprint density at radius 3 is 2.41 bits per heavy atom. The maximum Gasteiger partial charge on any atom is 0.333 e. The molecule has 0 radical (unpaired) electrons. The number of carbonyl (C=O) groups is 4. The average molecular weight is 483 g/mol. The second kappa shape index (κ2) is 12.1. The monoisotopic (exact) mass is 482 g/mol. The number of nitrogens with zero attached hydrogens (tertiary/aromatic N) is 1. The van der Waals surface area contributed by atoms with Crippen molar-refractivity contribution in [1.29, 1.82) is 0 Å². The van der Waals surface area contributed by atoms with Gasteiger partial charge in [0, 0.05) is 44.2 Å². The summed E-state index contributed by atoms with van der Waals surface area (Å²) >= 11 is 0. The van der Waals surface area contributed by atoms with Crippen LogP contribution in [0.1, 0.15) is 72.1 Å². The molecule has 2 aliphatic heterocycles. The van der Waals surface area contributed by atoms with E-state index < -0.39 is 24.1 Å². The number of unbranched alkanes of at least 4 members (excludes halogenated alkanes) is 1. The van der Waals surface area contributed by atoms with E-state index in [1.807, 2.05) is 0 Å². The van der Waals surface area contributed by atoms with Gasteiger partial charge >= 0.3 is 5.97 Å². The normalized spacial score (nSPS) is 33.9. The number of ether oxygens (including phenoxy) is 2. The third kappa shape index (κ3) is 6.76. The van der Waals surface area contributed by atoms with Crippen LogP contribution in [-0.2, 0) is 33.5 Å². The molecule has 0 aromatic rings. The lowest BCUT2D eigenvalue weighted by Crippen LogP contribution is -2.50. The van der Waals surface area contributed by atoms with E-state index in [0.717, 1.165) is 0 Å². The minimum Gasteiger partial charge on any atom is -0.393 e. The lowest BCUT2D eigenvalue weighted by atomic mass is 9.79. The van der Waals surface area contributed by atoms with Gasteiger partial charge in [0.05, 0.1) is 12.2 Å². The smallest absolute Gasteiger partial charge is 0.333 e. The third-order valence-corrected chi connectivity index (χ3v) is 7.49. The van der Waals surface area contributed by atoms with E-state index in [4.69, 9.17) is 14.3 Å². The summed E-state index contributed by atoms with van der Waals surface area (Å²) in [5.74, 6) is -0.997. The summed E-state index contributed by atoms with van der Waals surface area (Å²) in [5, 5.41) is 13.2. The van der Waals surface area contributed by atoms with E-state index in [1.165, 1.54) is 0 Å². The Balaban J connectivity index is 1.37. The number of aliphatic hydroxyl groups is 1. The fraction of sp³-hybridized carbons (Fsp3) is 0.833. The van der Waals surface area contributed by atoms with Gasteiger partial charge in [-0.3, -0.25) is 14.4 Å². The largest absolute Gasteiger partial charge is 0.393 e. The fourth-order valence-corrected chi connectivity index (χ4v) is 4.83. The molecule has 0 spiro atoms. The first-order chi connectivity index (χ1) is 16.2. The van der Waals surface area contributed by atoms with Gasteiger partial charge in [-0.25, -0.2) is 4.79 Å². The lowest BCUT2D eigenvalue weighted by molar-refractivity contribution is -0.246. The second-order valence-electron chi connectivity index (χ2n) is 9.90. The summed E-state index contributed by atoms with van der Waals surface area (Å²) in [4.78, 5) is 52.2. The molecule has 3 amide bonds. The number of hydrogen-bond acceptors (Lipinski definition) is 8. The molecule has 0 bridgehead atoms. The first-order valence-corrected chi connectivity index (χ1v) is 12.5. The summed E-state index contributed by atoms with van der Waals surface area (Å²) in [6, 6.07) is 0. The molecule has 2 saturated heterocycles. The van der Waals surface area contributed by atoms with Crippen LogP contribution in [0.4, 0.5) is 0 Å². The molecule has 7 unspecified atom stereocenters. The van der Waals surface area contributed by atoms with Gasteiger partial charge in [-0.15, -0.1) is 5.06 Å². The van der Waals surface area contributed by atoms with Crippen molar-refractivity contribution in [3.8, 4) is 0 Å². The topological polar surface area (TPSA) is 131 Å². The third-order valence-electron chi connectivity index (χ3n) is 7.49. The zero-order valence-electron chi connectivity index (χ0n) is 20.4. The standard InChI is InChI=1S/C24H38N2O8/c1-14-15(2)19(13-25-23(31)17-7-8-18(27)12-17)33-24(16(14)3)32-11-5-4-6-22(30)34-26-20(28)9-10-21(26)29/h14-19,24,27H,4-13H2,1-3H3,(H,25,31). The number of imide groups is 1. The molecule has 10 nitrogen and oxygen atoms in total. The van der Waals surface area contributed by atoms with Gasteiger partial charge in [-0.2, -0.15) is 0 Å². The molecule has 10 heteroatoms. The van der Waals surface area contributed by atoms with Crippen LogP contribution in [0.2, 0.25) is 0 Å². The molecule has 1 aliphatic carbocycles. The van der Waals surface area contributed by atoms with Crippen LogP contribution in [0.5, 0.6) is 0 Å². The summed E-state index contributed by atoms with van der Waals surface area (Å²) in [7, 11) is 0. The summed E-state index contributed by atoms with van der Waals surface area (Å²) in [6.45, 7) is 7.16. The Morgan fingerprint density at radius 1 is 1.06 bits per heavy atom. The highest BCUT2D eigenvalue weighted by atomic mass is 16.7. The second-order valence-corrected chi connectivity index (χ2v) is 9.90. The number of rotatable bonds is 10. The van der Waals surface area contributed by atoms with E-state index in [-0.39, 0.29) is 55.1 Å². The van der Waals surface area contributed by atoms with Gasteiger partial charge < -0.3 is 24.7 Å². The molecular formula is C24H38N2O8. The van der Waals surface area contributed by atoms with Crippen molar-refractivity contribution in [1.82, 2.24) is 10.4 Å². The average Bonchev–Trinajstić information content (AvgIpc) is 3.38. The predicted molar refractivity (Wildman–Crippen MR) is 119 cm³/mol. The fourth-order valence-electron chi connectivity index (χ4n) is 4.83. The highest BCUT2D eigenvalue weighted by Crippen LogP contribution is 2.35. The molecule has 192 valence electrons. The summed E-state index contributed by atoms with van der Waals surface area (Å²) < 4.78 is 12.2. The Labute approximate surface area is 200 Å². The molecule has 3 rings (SSSR count). The van der Waals surface area contributed by atoms with E-state index in [1.54, 1.807) is 0 Å². The molecule has 1 saturated carbocycles. The number of aliphatic hydroxyl groups excluding tert-OH is 1. The molecular weight excluding hydrogens is 444 g/mol. The summed E-state index contributed by atoms with van der Waals surface area (Å²) in [5.41, 5.74) is 0. The first-order valence-electron chi connectivity index (χ1n) is 12.5. The predicted octanol–water partition coefficient (Wildman–Crippen LogP) is 1.69. The van der Waals surface area contributed by atoms with Crippen molar-refractivity contribution in [2.75, 3.05) is 13.2 Å². The van der Waals surface area contributed by atoms with Gasteiger partial charge in [0.1, 0.15) is 0 Å². The van der Waals surface area contributed by atoms with Crippen LogP contribution in [-0.4, -0.2) is 65.5 Å². The van der Waals surface area contributed by atoms with Crippen LogP contribution in [0.25, 0.3) is 0 Å². The van der Waals surface area contributed by atoms with Crippen LogP contribution in [0, 0.1) is 23.7 Å². The number of nitrogens with one attached hydrogen (secondary N) is 1. The number of hydrogen-bond donors (Lipinski definition) is 2. The van der Waals surface area contributed by atoms with Crippen molar-refractivity contribution in [2.24, 2.45) is 23.7 Å². The van der Waals surface area contributed by atoms with E-state index in [0.29, 0.717) is 56.2 Å². The molecule has 2 N–H and O–H groups in total. The van der Waals surface area contributed by atoms with Crippen molar-refractivity contribution >= 4 is 23.7 Å². The molecule has 3 fully saturated rings. The van der Waals surface area contributed by atoms with E-state index >= 15 is 0 Å². The first kappa shape index (κ1) is 26.6. The van der Waals surface area contributed by atoms with Crippen molar-refractivity contribution in [3.63, 3.8) is 0 Å². The number of carbonyl (C=O) groups excluding carboxylic acids is 4. The van der Waals surface area contributed by atoms with E-state index in [9.17, 15) is 24.3 Å². The zero-order valence-corrected chi connectivity index (χ0v) is 20.4. The quantitative estimate of drug-likeness (QED) is 0.355. The van der Waals surface area contributed by atoms with Crippen molar-refractivity contribution in [3.05, 3.63) is 0 Å². The molecule has 7 atom stereocenters. The zero-order chi connectivity index (χ0) is 24.8.